The zero-order valence-corrected chi connectivity index (χ0v) is 15.6. The van der Waals surface area contributed by atoms with Crippen molar-refractivity contribution in [1.82, 2.24) is 4.37 Å². The van der Waals surface area contributed by atoms with Crippen molar-refractivity contribution < 1.29 is 19.4 Å². The fraction of sp³-hybridized carbons (Fsp3) is 0.111. The van der Waals surface area contributed by atoms with E-state index in [1.54, 1.807) is 18.2 Å². The van der Waals surface area contributed by atoms with Gasteiger partial charge in [0.2, 0.25) is 5.91 Å². The molecule has 140 valence electrons. The number of phenolic OH excluding ortho intramolecular Hbond substituents is 1. The standard InChI is InChI=1S/C18H13N5O4S/c1-9(24)20-14-7-16(25)11(8-19)6-15(14)21-22-17-12-5-10(18(26)27-2)3-4-13(12)23-28-17/h3-7,25H,1-2H3,(H,20,24)/b22-21+. The molecule has 1 aromatic heterocycles. The lowest BCUT2D eigenvalue weighted by Crippen LogP contribution is -2.05. The number of hydrogen-bond acceptors (Lipinski definition) is 9. The Kier molecular flexibility index (Phi) is 5.28. The van der Waals surface area contributed by atoms with E-state index in [0.717, 1.165) is 11.5 Å². The molecule has 2 N–H and O–H groups in total. The van der Waals surface area contributed by atoms with Crippen LogP contribution in [0.5, 0.6) is 5.75 Å². The van der Waals surface area contributed by atoms with Gasteiger partial charge in [-0.3, -0.25) is 4.79 Å². The van der Waals surface area contributed by atoms with Crippen LogP contribution in [0.2, 0.25) is 0 Å². The van der Waals surface area contributed by atoms with Crippen LogP contribution in [-0.4, -0.2) is 28.5 Å². The Morgan fingerprint density at radius 1 is 1.29 bits per heavy atom. The van der Waals surface area contributed by atoms with E-state index in [2.05, 4.69) is 19.9 Å². The van der Waals surface area contributed by atoms with Crippen molar-refractivity contribution in [3.8, 4) is 11.8 Å². The van der Waals surface area contributed by atoms with Gasteiger partial charge in [0.1, 0.15) is 17.5 Å². The summed E-state index contributed by atoms with van der Waals surface area (Å²) in [7, 11) is 1.29. The van der Waals surface area contributed by atoms with Crippen molar-refractivity contribution >= 4 is 50.7 Å². The lowest BCUT2D eigenvalue weighted by molar-refractivity contribution is -0.114. The molecule has 0 radical (unpaired) electrons. The monoisotopic (exact) mass is 395 g/mol. The van der Waals surface area contributed by atoms with Gasteiger partial charge in [0.05, 0.1) is 29.4 Å². The van der Waals surface area contributed by atoms with Crippen LogP contribution in [0.25, 0.3) is 10.9 Å². The van der Waals surface area contributed by atoms with Gasteiger partial charge in [0.15, 0.2) is 5.00 Å². The second-order valence-electron chi connectivity index (χ2n) is 5.59. The molecule has 3 rings (SSSR count). The average molecular weight is 395 g/mol. The molecule has 0 saturated heterocycles. The number of rotatable bonds is 4. The van der Waals surface area contributed by atoms with Gasteiger partial charge in [-0.2, -0.15) is 9.64 Å². The third kappa shape index (κ3) is 3.79. The number of carbonyl (C=O) groups excluding carboxylic acids is 2. The number of aromatic hydroxyl groups is 1. The van der Waals surface area contributed by atoms with Crippen LogP contribution in [-0.2, 0) is 9.53 Å². The minimum absolute atomic E-state index is 0.00908. The Morgan fingerprint density at radius 2 is 2.07 bits per heavy atom. The predicted octanol–water partition coefficient (Wildman–Crippen LogP) is 4.03. The van der Waals surface area contributed by atoms with E-state index in [4.69, 9.17) is 10.00 Å². The van der Waals surface area contributed by atoms with E-state index >= 15 is 0 Å². The van der Waals surface area contributed by atoms with Gasteiger partial charge >= 0.3 is 5.97 Å². The van der Waals surface area contributed by atoms with E-state index in [0.29, 0.717) is 21.5 Å². The number of azo groups is 1. The molecule has 0 unspecified atom stereocenters. The molecule has 0 aliphatic heterocycles. The number of nitrogens with zero attached hydrogens (tertiary/aromatic N) is 4. The van der Waals surface area contributed by atoms with E-state index in [1.807, 2.05) is 6.07 Å². The predicted molar refractivity (Wildman–Crippen MR) is 102 cm³/mol. The number of nitrogens with one attached hydrogen (secondary N) is 1. The fourth-order valence-electron chi connectivity index (χ4n) is 2.38. The summed E-state index contributed by atoms with van der Waals surface area (Å²) < 4.78 is 8.97. The van der Waals surface area contributed by atoms with Crippen LogP contribution in [0, 0.1) is 11.3 Å². The van der Waals surface area contributed by atoms with Crippen LogP contribution < -0.4 is 5.32 Å². The summed E-state index contributed by atoms with van der Waals surface area (Å²) in [5, 5.41) is 30.7. The highest BCUT2D eigenvalue weighted by atomic mass is 32.1. The molecule has 0 bridgehead atoms. The Balaban J connectivity index is 2.05. The second-order valence-corrected chi connectivity index (χ2v) is 6.34. The first kappa shape index (κ1) is 18.9. The lowest BCUT2D eigenvalue weighted by Gasteiger charge is -2.07. The van der Waals surface area contributed by atoms with E-state index in [1.165, 1.54) is 26.2 Å². The molecule has 0 atom stereocenters. The first-order valence-electron chi connectivity index (χ1n) is 7.87. The number of phenols is 1. The topological polar surface area (TPSA) is 137 Å². The first-order chi connectivity index (χ1) is 13.4. The zero-order chi connectivity index (χ0) is 20.3. The number of esters is 1. The molecule has 28 heavy (non-hydrogen) atoms. The third-order valence-electron chi connectivity index (χ3n) is 3.67. The van der Waals surface area contributed by atoms with Gasteiger partial charge in [0.25, 0.3) is 0 Å². The Morgan fingerprint density at radius 3 is 2.75 bits per heavy atom. The normalized spacial score (nSPS) is 10.8. The number of nitriles is 1. The van der Waals surface area contributed by atoms with Gasteiger partial charge in [0, 0.05) is 18.4 Å². The molecule has 0 fully saturated rings. The van der Waals surface area contributed by atoms with E-state index < -0.39 is 5.97 Å². The molecule has 0 spiro atoms. The summed E-state index contributed by atoms with van der Waals surface area (Å²) in [4.78, 5) is 23.1. The molecular formula is C18H13N5O4S. The number of methoxy groups -OCH3 is 1. The molecule has 1 heterocycles. The number of hydrogen-bond donors (Lipinski definition) is 2. The Bertz CT molecular complexity index is 1160. The van der Waals surface area contributed by atoms with Crippen molar-refractivity contribution in [3.05, 3.63) is 41.5 Å². The van der Waals surface area contributed by atoms with Crippen molar-refractivity contribution in [2.45, 2.75) is 6.92 Å². The number of anilines is 1. The molecule has 0 saturated carbocycles. The van der Waals surface area contributed by atoms with Crippen molar-refractivity contribution in [2.24, 2.45) is 10.2 Å². The van der Waals surface area contributed by atoms with Crippen molar-refractivity contribution in [3.63, 3.8) is 0 Å². The Labute approximate surface area is 163 Å². The van der Waals surface area contributed by atoms with E-state index in [9.17, 15) is 14.7 Å². The summed E-state index contributed by atoms with van der Waals surface area (Å²) in [6.45, 7) is 1.31. The minimum atomic E-state index is -0.485. The highest BCUT2D eigenvalue weighted by molar-refractivity contribution is 7.11. The molecule has 3 aromatic rings. The number of benzene rings is 2. The number of amides is 1. The summed E-state index contributed by atoms with van der Waals surface area (Å²) >= 11 is 1.08. The van der Waals surface area contributed by atoms with Gasteiger partial charge in [-0.15, -0.1) is 10.2 Å². The summed E-state index contributed by atoms with van der Waals surface area (Å²) in [6.07, 6.45) is 0. The van der Waals surface area contributed by atoms with Crippen LogP contribution in [0.3, 0.4) is 0 Å². The van der Waals surface area contributed by atoms with Crippen LogP contribution in [0.1, 0.15) is 22.8 Å². The third-order valence-corrected chi connectivity index (χ3v) is 4.43. The number of carbonyl (C=O) groups is 2. The van der Waals surface area contributed by atoms with Crippen LogP contribution in [0.15, 0.2) is 40.6 Å². The Hall–Kier alpha value is -3.84. The SMILES string of the molecule is COC(=O)c1ccc2nsc(/N=N/c3cc(C#N)c(O)cc3NC(C)=O)c2c1. The van der Waals surface area contributed by atoms with Crippen molar-refractivity contribution in [2.75, 3.05) is 12.4 Å². The maximum atomic E-state index is 11.7. The van der Waals surface area contributed by atoms with E-state index in [-0.39, 0.29) is 28.6 Å². The molecule has 9 nitrogen and oxygen atoms in total. The lowest BCUT2D eigenvalue weighted by atomic mass is 10.1. The molecule has 2 aromatic carbocycles. The second kappa shape index (κ2) is 7.81. The summed E-state index contributed by atoms with van der Waals surface area (Å²) in [5.74, 6) is -1.14. The smallest absolute Gasteiger partial charge is 0.337 e. The molecule has 1 amide bonds. The highest BCUT2D eigenvalue weighted by Crippen LogP contribution is 2.36. The highest BCUT2D eigenvalue weighted by Gasteiger charge is 2.13. The molecule has 0 aliphatic carbocycles. The van der Waals surface area contributed by atoms with Crippen LogP contribution >= 0.6 is 11.5 Å². The van der Waals surface area contributed by atoms with Crippen LogP contribution in [0.4, 0.5) is 16.4 Å². The maximum absolute atomic E-state index is 11.7. The number of fused-ring (bicyclic) bond motifs is 1. The van der Waals surface area contributed by atoms with Crippen molar-refractivity contribution in [1.29, 1.82) is 5.26 Å². The zero-order valence-electron chi connectivity index (χ0n) is 14.8. The summed E-state index contributed by atoms with van der Waals surface area (Å²) in [5.41, 5.74) is 1.37. The first-order valence-corrected chi connectivity index (χ1v) is 8.64. The number of ether oxygens (including phenoxy) is 1. The maximum Gasteiger partial charge on any atom is 0.337 e. The van der Waals surface area contributed by atoms with Gasteiger partial charge in [-0.1, -0.05) is 0 Å². The molecule has 10 heteroatoms. The largest absolute Gasteiger partial charge is 0.506 e. The molecule has 0 aliphatic rings. The average Bonchev–Trinajstić information content (AvgIpc) is 3.08. The molecular weight excluding hydrogens is 382 g/mol. The van der Waals surface area contributed by atoms with Gasteiger partial charge < -0.3 is 15.2 Å². The number of aromatic nitrogens is 1. The minimum Gasteiger partial charge on any atom is -0.506 e. The van der Waals surface area contributed by atoms with Gasteiger partial charge in [-0.05, 0) is 35.8 Å². The van der Waals surface area contributed by atoms with Gasteiger partial charge in [-0.25, -0.2) is 4.79 Å². The summed E-state index contributed by atoms with van der Waals surface area (Å²) in [6, 6.07) is 9.26. The fourth-order valence-corrected chi connectivity index (χ4v) is 3.07. The quantitative estimate of drug-likeness (QED) is 0.505.